The van der Waals surface area contributed by atoms with Gasteiger partial charge in [0.15, 0.2) is 0 Å². The quantitative estimate of drug-likeness (QED) is 0.839. The third kappa shape index (κ3) is 3.98. The van der Waals surface area contributed by atoms with Gasteiger partial charge in [-0.3, -0.25) is 4.79 Å². The molecule has 0 aliphatic heterocycles. The van der Waals surface area contributed by atoms with E-state index in [2.05, 4.69) is 5.32 Å². The molecule has 0 saturated heterocycles. The third-order valence-electron chi connectivity index (χ3n) is 2.09. The highest BCUT2D eigenvalue weighted by molar-refractivity contribution is 7.98. The van der Waals surface area contributed by atoms with Crippen LogP contribution >= 0.6 is 35.0 Å². The molecular formula is C11H14Cl2N2OS. The van der Waals surface area contributed by atoms with Crippen LogP contribution in [0.15, 0.2) is 12.1 Å². The zero-order valence-corrected chi connectivity index (χ0v) is 11.9. The van der Waals surface area contributed by atoms with Crippen LogP contribution in [0.1, 0.15) is 17.3 Å². The minimum Gasteiger partial charge on any atom is -0.399 e. The number of anilines is 1. The second kappa shape index (κ2) is 6.38. The van der Waals surface area contributed by atoms with E-state index in [0.29, 0.717) is 11.3 Å². The van der Waals surface area contributed by atoms with E-state index in [4.69, 9.17) is 28.9 Å². The average molecular weight is 293 g/mol. The summed E-state index contributed by atoms with van der Waals surface area (Å²) in [7, 11) is 0. The van der Waals surface area contributed by atoms with Gasteiger partial charge in [0, 0.05) is 17.5 Å². The third-order valence-corrected chi connectivity index (χ3v) is 3.72. The molecule has 0 aromatic heterocycles. The van der Waals surface area contributed by atoms with Crippen molar-refractivity contribution in [3.8, 4) is 0 Å². The maximum Gasteiger partial charge on any atom is 0.253 e. The Kier molecular flexibility index (Phi) is 5.43. The van der Waals surface area contributed by atoms with Crippen LogP contribution < -0.4 is 11.1 Å². The molecule has 3 nitrogen and oxygen atoms in total. The fourth-order valence-corrected chi connectivity index (χ4v) is 2.37. The molecule has 1 unspecified atom stereocenters. The van der Waals surface area contributed by atoms with Crippen molar-refractivity contribution in [1.29, 1.82) is 0 Å². The molecule has 0 fully saturated rings. The van der Waals surface area contributed by atoms with Gasteiger partial charge < -0.3 is 11.1 Å². The molecule has 0 heterocycles. The molecule has 0 aliphatic rings. The number of carbonyl (C=O) groups is 1. The summed E-state index contributed by atoms with van der Waals surface area (Å²) in [4.78, 5) is 11.9. The van der Waals surface area contributed by atoms with Crippen molar-refractivity contribution in [2.45, 2.75) is 13.0 Å². The van der Waals surface area contributed by atoms with Gasteiger partial charge in [-0.05, 0) is 25.3 Å². The van der Waals surface area contributed by atoms with Crippen molar-refractivity contribution in [2.24, 2.45) is 0 Å². The van der Waals surface area contributed by atoms with E-state index in [1.165, 1.54) is 12.1 Å². The maximum atomic E-state index is 11.9. The number of benzene rings is 1. The Labute approximate surface area is 115 Å². The molecule has 0 aliphatic carbocycles. The van der Waals surface area contributed by atoms with Gasteiger partial charge in [-0.2, -0.15) is 11.8 Å². The average Bonchev–Trinajstić information content (AvgIpc) is 2.23. The summed E-state index contributed by atoms with van der Waals surface area (Å²) in [6.07, 6.45) is 1.98. The van der Waals surface area contributed by atoms with E-state index < -0.39 is 0 Å². The molecule has 3 N–H and O–H groups in total. The molecule has 94 valence electrons. The largest absolute Gasteiger partial charge is 0.399 e. The Hall–Kier alpha value is -0.580. The van der Waals surface area contributed by atoms with Gasteiger partial charge in [-0.1, -0.05) is 23.2 Å². The first kappa shape index (κ1) is 14.5. The Balaban J connectivity index is 2.89. The number of halogens is 2. The number of rotatable bonds is 4. The molecular weight excluding hydrogens is 279 g/mol. The molecule has 0 radical (unpaired) electrons. The number of nitrogens with two attached hydrogens (primary N) is 1. The van der Waals surface area contributed by atoms with Gasteiger partial charge >= 0.3 is 0 Å². The number of amides is 1. The smallest absolute Gasteiger partial charge is 0.253 e. The number of nitrogens with one attached hydrogen (secondary N) is 1. The number of hydrogen-bond acceptors (Lipinski definition) is 3. The number of thioether (sulfide) groups is 1. The number of nitrogen functional groups attached to an aromatic ring is 1. The first-order valence-corrected chi connectivity index (χ1v) is 7.15. The fourth-order valence-electron chi connectivity index (χ4n) is 1.37. The topological polar surface area (TPSA) is 55.1 Å². The van der Waals surface area contributed by atoms with Crippen molar-refractivity contribution in [2.75, 3.05) is 17.7 Å². The van der Waals surface area contributed by atoms with E-state index >= 15 is 0 Å². The van der Waals surface area contributed by atoms with Crippen LogP contribution in [-0.4, -0.2) is 24.0 Å². The fraction of sp³-hybridized carbons (Fsp3) is 0.364. The summed E-state index contributed by atoms with van der Waals surface area (Å²) >= 11 is 13.5. The molecule has 0 spiro atoms. The summed E-state index contributed by atoms with van der Waals surface area (Å²) in [6.45, 7) is 1.93. The molecule has 1 rings (SSSR count). The van der Waals surface area contributed by atoms with Crippen LogP contribution in [0.2, 0.25) is 10.0 Å². The van der Waals surface area contributed by atoms with Crippen LogP contribution in [-0.2, 0) is 0 Å². The van der Waals surface area contributed by atoms with Crippen LogP contribution in [0.5, 0.6) is 0 Å². The van der Waals surface area contributed by atoms with Crippen molar-refractivity contribution >= 4 is 46.6 Å². The molecule has 1 amide bonds. The Bertz CT molecular complexity index is 426. The Morgan fingerprint density at radius 2 is 2.18 bits per heavy atom. The molecule has 6 heteroatoms. The first-order valence-electron chi connectivity index (χ1n) is 5.00. The highest BCUT2D eigenvalue weighted by Crippen LogP contribution is 2.28. The second-order valence-corrected chi connectivity index (χ2v) is 5.39. The van der Waals surface area contributed by atoms with Gasteiger partial charge in [0.25, 0.3) is 5.91 Å². The monoisotopic (exact) mass is 292 g/mol. The lowest BCUT2D eigenvalue weighted by atomic mass is 10.2. The molecule has 0 saturated carbocycles. The number of carbonyl (C=O) groups excluding carboxylic acids is 1. The van der Waals surface area contributed by atoms with Crippen molar-refractivity contribution in [1.82, 2.24) is 5.32 Å². The van der Waals surface area contributed by atoms with Crippen LogP contribution in [0, 0.1) is 0 Å². The standard InChI is InChI=1S/C11H14Cl2N2OS/c1-6(5-17-2)15-11(16)8-3-7(14)4-9(12)10(8)13/h3-4,6H,5,14H2,1-2H3,(H,15,16). The number of hydrogen-bond donors (Lipinski definition) is 2. The van der Waals surface area contributed by atoms with E-state index in [9.17, 15) is 4.79 Å². The lowest BCUT2D eigenvalue weighted by Crippen LogP contribution is -2.34. The van der Waals surface area contributed by atoms with Gasteiger partial charge in [0.1, 0.15) is 0 Å². The SMILES string of the molecule is CSCC(C)NC(=O)c1cc(N)cc(Cl)c1Cl. The van der Waals surface area contributed by atoms with Crippen LogP contribution in [0.4, 0.5) is 5.69 Å². The Morgan fingerprint density at radius 3 is 2.76 bits per heavy atom. The highest BCUT2D eigenvalue weighted by atomic mass is 35.5. The van der Waals surface area contributed by atoms with E-state index in [1.54, 1.807) is 11.8 Å². The lowest BCUT2D eigenvalue weighted by Gasteiger charge is -2.14. The molecule has 1 aromatic rings. The van der Waals surface area contributed by atoms with Gasteiger partial charge in [0.05, 0.1) is 15.6 Å². The van der Waals surface area contributed by atoms with Gasteiger partial charge in [-0.25, -0.2) is 0 Å². The first-order chi connectivity index (χ1) is 7.95. The predicted octanol–water partition coefficient (Wildman–Crippen LogP) is 3.06. The Morgan fingerprint density at radius 1 is 1.53 bits per heavy atom. The van der Waals surface area contributed by atoms with Gasteiger partial charge in [0.2, 0.25) is 0 Å². The van der Waals surface area contributed by atoms with Crippen LogP contribution in [0.3, 0.4) is 0 Å². The summed E-state index contributed by atoms with van der Waals surface area (Å²) in [5.74, 6) is 0.574. The maximum absolute atomic E-state index is 11.9. The lowest BCUT2D eigenvalue weighted by molar-refractivity contribution is 0.0944. The van der Waals surface area contributed by atoms with E-state index in [0.717, 1.165) is 5.75 Å². The normalized spacial score (nSPS) is 12.2. The zero-order valence-electron chi connectivity index (χ0n) is 9.59. The molecule has 0 bridgehead atoms. The summed E-state index contributed by atoms with van der Waals surface area (Å²) in [5.41, 5.74) is 6.36. The van der Waals surface area contributed by atoms with Crippen molar-refractivity contribution in [3.05, 3.63) is 27.7 Å². The molecule has 1 atom stereocenters. The van der Waals surface area contributed by atoms with Gasteiger partial charge in [-0.15, -0.1) is 0 Å². The molecule has 17 heavy (non-hydrogen) atoms. The summed E-state index contributed by atoms with van der Waals surface area (Å²) < 4.78 is 0. The summed E-state index contributed by atoms with van der Waals surface area (Å²) in [5, 5.41) is 3.35. The van der Waals surface area contributed by atoms with E-state index in [-0.39, 0.29) is 22.0 Å². The second-order valence-electron chi connectivity index (χ2n) is 3.69. The zero-order chi connectivity index (χ0) is 13.0. The van der Waals surface area contributed by atoms with Crippen molar-refractivity contribution in [3.63, 3.8) is 0 Å². The predicted molar refractivity (Wildman–Crippen MR) is 76.2 cm³/mol. The molecule has 1 aromatic carbocycles. The highest BCUT2D eigenvalue weighted by Gasteiger charge is 2.15. The minimum absolute atomic E-state index is 0.0637. The van der Waals surface area contributed by atoms with Crippen LogP contribution in [0.25, 0.3) is 0 Å². The minimum atomic E-state index is -0.259. The van der Waals surface area contributed by atoms with Crippen molar-refractivity contribution < 1.29 is 4.79 Å². The summed E-state index contributed by atoms with van der Waals surface area (Å²) in [6, 6.07) is 3.11. The van der Waals surface area contributed by atoms with E-state index in [1.807, 2.05) is 13.2 Å².